The molecular formula is C17H13ClF3NO3. The summed E-state index contributed by atoms with van der Waals surface area (Å²) < 4.78 is 42.2. The molecule has 0 aliphatic heterocycles. The van der Waals surface area contributed by atoms with E-state index in [1.165, 1.54) is 18.2 Å². The molecule has 8 heteroatoms. The molecule has 1 amide bonds. The van der Waals surface area contributed by atoms with Crippen LogP contribution >= 0.6 is 11.6 Å². The summed E-state index contributed by atoms with van der Waals surface area (Å²) in [6.07, 6.45) is -4.67. The first-order chi connectivity index (χ1) is 11.7. The molecule has 0 spiro atoms. The minimum absolute atomic E-state index is 0.234. The number of esters is 1. The second kappa shape index (κ2) is 8.02. The van der Waals surface area contributed by atoms with Crippen LogP contribution in [-0.2, 0) is 26.9 Å². The van der Waals surface area contributed by atoms with E-state index in [-0.39, 0.29) is 6.42 Å². The van der Waals surface area contributed by atoms with Gasteiger partial charge in [0.25, 0.3) is 5.91 Å². The van der Waals surface area contributed by atoms with Gasteiger partial charge in [0.15, 0.2) is 6.61 Å². The van der Waals surface area contributed by atoms with Gasteiger partial charge in [0.05, 0.1) is 12.0 Å². The molecule has 0 aromatic heterocycles. The molecule has 0 aliphatic rings. The Morgan fingerprint density at radius 1 is 1.08 bits per heavy atom. The molecule has 0 saturated carbocycles. The molecule has 1 N–H and O–H groups in total. The maximum atomic E-state index is 12.5. The lowest BCUT2D eigenvalue weighted by atomic mass is 10.1. The minimum Gasteiger partial charge on any atom is -0.455 e. The smallest absolute Gasteiger partial charge is 0.416 e. The van der Waals surface area contributed by atoms with Gasteiger partial charge in [0.1, 0.15) is 0 Å². The molecule has 0 fully saturated rings. The molecule has 2 aromatic carbocycles. The van der Waals surface area contributed by atoms with Gasteiger partial charge in [-0.2, -0.15) is 13.2 Å². The lowest BCUT2D eigenvalue weighted by Gasteiger charge is -2.08. The number of carbonyl (C=O) groups is 2. The summed E-state index contributed by atoms with van der Waals surface area (Å²) in [4.78, 5) is 23.3. The molecule has 132 valence electrons. The Morgan fingerprint density at radius 3 is 2.36 bits per heavy atom. The van der Waals surface area contributed by atoms with Gasteiger partial charge < -0.3 is 10.1 Å². The Hall–Kier alpha value is -2.54. The molecule has 0 bridgehead atoms. The molecule has 0 heterocycles. The van der Waals surface area contributed by atoms with Gasteiger partial charge in [-0.3, -0.25) is 9.59 Å². The quantitative estimate of drug-likeness (QED) is 0.806. The van der Waals surface area contributed by atoms with Crippen LogP contribution in [0, 0.1) is 0 Å². The standard InChI is InChI=1S/C17H13ClF3NO3/c18-13-2-1-3-14(9-13)22-15(23)10-25-16(24)8-11-4-6-12(7-5-11)17(19,20)21/h1-7,9H,8,10H2,(H,22,23). The molecule has 4 nitrogen and oxygen atoms in total. The topological polar surface area (TPSA) is 55.4 Å². The largest absolute Gasteiger partial charge is 0.455 e. The maximum Gasteiger partial charge on any atom is 0.416 e. The van der Waals surface area contributed by atoms with Crippen molar-refractivity contribution in [2.45, 2.75) is 12.6 Å². The van der Waals surface area contributed by atoms with Crippen molar-refractivity contribution in [1.29, 1.82) is 0 Å². The molecule has 2 aromatic rings. The first kappa shape index (κ1) is 18.8. The summed E-state index contributed by atoms with van der Waals surface area (Å²) in [6, 6.07) is 10.6. The van der Waals surface area contributed by atoms with Gasteiger partial charge in [-0.25, -0.2) is 0 Å². The van der Waals surface area contributed by atoms with E-state index in [1.807, 2.05) is 0 Å². The number of hydrogen-bond donors (Lipinski definition) is 1. The number of halogens is 4. The van der Waals surface area contributed by atoms with Crippen molar-refractivity contribution in [1.82, 2.24) is 0 Å². The van der Waals surface area contributed by atoms with Crippen LogP contribution in [0.3, 0.4) is 0 Å². The Labute approximate surface area is 146 Å². The predicted octanol–water partition coefficient (Wildman–Crippen LogP) is 4.08. The SMILES string of the molecule is O=C(COC(=O)Cc1ccc(C(F)(F)F)cc1)Nc1cccc(Cl)c1. The summed E-state index contributed by atoms with van der Waals surface area (Å²) in [5, 5.41) is 2.94. The monoisotopic (exact) mass is 371 g/mol. The van der Waals surface area contributed by atoms with E-state index in [0.717, 1.165) is 12.1 Å². The number of amides is 1. The average Bonchev–Trinajstić information content (AvgIpc) is 2.53. The van der Waals surface area contributed by atoms with E-state index in [1.54, 1.807) is 18.2 Å². The molecule has 0 unspecified atom stereocenters. The second-order valence-electron chi connectivity index (χ2n) is 5.09. The van der Waals surface area contributed by atoms with Crippen LogP contribution in [0.5, 0.6) is 0 Å². The Balaban J connectivity index is 1.81. The van der Waals surface area contributed by atoms with Crippen molar-refractivity contribution in [3.63, 3.8) is 0 Å². The van der Waals surface area contributed by atoms with E-state index in [0.29, 0.717) is 16.3 Å². The Kier molecular flexibility index (Phi) is 6.03. The highest BCUT2D eigenvalue weighted by Crippen LogP contribution is 2.29. The van der Waals surface area contributed by atoms with Crippen LogP contribution in [0.15, 0.2) is 48.5 Å². The van der Waals surface area contributed by atoms with E-state index in [9.17, 15) is 22.8 Å². The molecule has 25 heavy (non-hydrogen) atoms. The van der Waals surface area contributed by atoms with Crippen molar-refractivity contribution in [2.75, 3.05) is 11.9 Å². The molecule has 2 rings (SSSR count). The van der Waals surface area contributed by atoms with Crippen molar-refractivity contribution < 1.29 is 27.5 Å². The van der Waals surface area contributed by atoms with Gasteiger partial charge in [0, 0.05) is 10.7 Å². The number of ether oxygens (including phenoxy) is 1. The van der Waals surface area contributed by atoms with Gasteiger partial charge >= 0.3 is 12.1 Å². The first-order valence-electron chi connectivity index (χ1n) is 7.11. The number of alkyl halides is 3. The number of carbonyl (C=O) groups excluding carboxylic acids is 2. The van der Waals surface area contributed by atoms with Crippen molar-refractivity contribution in [3.05, 3.63) is 64.7 Å². The summed E-state index contributed by atoms with van der Waals surface area (Å²) in [5.74, 6) is -1.27. The van der Waals surface area contributed by atoms with Gasteiger partial charge in [0.2, 0.25) is 0 Å². The predicted molar refractivity (Wildman–Crippen MR) is 86.2 cm³/mol. The fourth-order valence-corrected chi connectivity index (χ4v) is 2.13. The molecular weight excluding hydrogens is 359 g/mol. The third-order valence-electron chi connectivity index (χ3n) is 3.10. The summed E-state index contributed by atoms with van der Waals surface area (Å²) in [7, 11) is 0. The highest BCUT2D eigenvalue weighted by Gasteiger charge is 2.30. The van der Waals surface area contributed by atoms with Crippen molar-refractivity contribution in [3.8, 4) is 0 Å². The summed E-state index contributed by atoms with van der Waals surface area (Å²) >= 11 is 5.78. The lowest BCUT2D eigenvalue weighted by Crippen LogP contribution is -2.21. The van der Waals surface area contributed by atoms with Gasteiger partial charge in [-0.15, -0.1) is 0 Å². The Morgan fingerprint density at radius 2 is 1.76 bits per heavy atom. The number of anilines is 1. The molecule has 0 saturated heterocycles. The fourth-order valence-electron chi connectivity index (χ4n) is 1.94. The van der Waals surface area contributed by atoms with E-state index in [2.05, 4.69) is 5.32 Å². The maximum absolute atomic E-state index is 12.5. The molecule has 0 atom stereocenters. The van der Waals surface area contributed by atoms with Crippen molar-refractivity contribution in [2.24, 2.45) is 0 Å². The lowest BCUT2D eigenvalue weighted by molar-refractivity contribution is -0.146. The zero-order chi connectivity index (χ0) is 18.4. The van der Waals surface area contributed by atoms with Crippen LogP contribution in [-0.4, -0.2) is 18.5 Å². The normalized spacial score (nSPS) is 11.0. The van der Waals surface area contributed by atoms with Gasteiger partial charge in [-0.05, 0) is 35.9 Å². The summed E-state index contributed by atoms with van der Waals surface area (Å²) in [5.41, 5.74) is 0.00931. The van der Waals surface area contributed by atoms with Crippen LogP contribution in [0.4, 0.5) is 18.9 Å². The Bertz CT molecular complexity index is 760. The van der Waals surface area contributed by atoms with Crippen LogP contribution in [0.2, 0.25) is 5.02 Å². The van der Waals surface area contributed by atoms with E-state index in [4.69, 9.17) is 16.3 Å². The van der Waals surface area contributed by atoms with E-state index < -0.39 is 30.2 Å². The molecule has 0 radical (unpaired) electrons. The average molecular weight is 372 g/mol. The highest BCUT2D eigenvalue weighted by molar-refractivity contribution is 6.30. The highest BCUT2D eigenvalue weighted by atomic mass is 35.5. The minimum atomic E-state index is -4.43. The zero-order valence-electron chi connectivity index (χ0n) is 12.8. The zero-order valence-corrected chi connectivity index (χ0v) is 13.5. The number of benzene rings is 2. The first-order valence-corrected chi connectivity index (χ1v) is 7.49. The van der Waals surface area contributed by atoms with Crippen LogP contribution < -0.4 is 5.32 Å². The fraction of sp³-hybridized carbons (Fsp3) is 0.176. The van der Waals surface area contributed by atoms with Gasteiger partial charge in [-0.1, -0.05) is 29.8 Å². The van der Waals surface area contributed by atoms with Crippen LogP contribution in [0.25, 0.3) is 0 Å². The number of hydrogen-bond acceptors (Lipinski definition) is 3. The second-order valence-corrected chi connectivity index (χ2v) is 5.53. The number of rotatable bonds is 5. The van der Waals surface area contributed by atoms with Crippen LogP contribution in [0.1, 0.15) is 11.1 Å². The summed E-state index contributed by atoms with van der Waals surface area (Å²) in [6.45, 7) is -0.508. The third-order valence-corrected chi connectivity index (χ3v) is 3.34. The molecule has 0 aliphatic carbocycles. The number of nitrogens with one attached hydrogen (secondary N) is 1. The third kappa shape index (κ3) is 6.11. The van der Waals surface area contributed by atoms with Crippen molar-refractivity contribution >= 4 is 29.2 Å². The van der Waals surface area contributed by atoms with E-state index >= 15 is 0 Å².